The van der Waals surface area contributed by atoms with Crippen LogP contribution in [0.2, 0.25) is 0 Å². The van der Waals surface area contributed by atoms with E-state index in [1.54, 1.807) is 0 Å². The average Bonchev–Trinajstić information content (AvgIpc) is 3.05. The molecule has 2 atom stereocenters. The SMILES string of the molecule is COC=O.O=C(c1ccccc1)N1CC2C[C@@H]2C1. The van der Waals surface area contributed by atoms with Crippen LogP contribution >= 0.6 is 0 Å². The highest BCUT2D eigenvalue weighted by Crippen LogP contribution is 2.45. The molecule has 0 N–H and O–H groups in total. The first-order chi connectivity index (χ1) is 8.76. The minimum absolute atomic E-state index is 0.206. The molecule has 96 valence electrons. The highest BCUT2D eigenvalue weighted by atomic mass is 16.5. The van der Waals surface area contributed by atoms with Gasteiger partial charge in [0.1, 0.15) is 0 Å². The highest BCUT2D eigenvalue weighted by molar-refractivity contribution is 5.94. The highest BCUT2D eigenvalue weighted by Gasteiger charge is 2.46. The van der Waals surface area contributed by atoms with Gasteiger partial charge in [0.15, 0.2) is 0 Å². The minimum atomic E-state index is 0.206. The first kappa shape index (κ1) is 12.6. The number of hydrogen-bond acceptors (Lipinski definition) is 3. The number of ether oxygens (including phenoxy) is 1. The molecule has 1 aromatic rings. The predicted molar refractivity (Wildman–Crippen MR) is 67.0 cm³/mol. The second kappa shape index (κ2) is 5.67. The van der Waals surface area contributed by atoms with Gasteiger partial charge >= 0.3 is 0 Å². The number of amides is 1. The second-order valence-electron chi connectivity index (χ2n) is 4.66. The number of carbonyl (C=O) groups excluding carboxylic acids is 2. The lowest BCUT2D eigenvalue weighted by Crippen LogP contribution is -2.30. The van der Waals surface area contributed by atoms with E-state index in [9.17, 15) is 4.79 Å². The van der Waals surface area contributed by atoms with Gasteiger partial charge in [-0.1, -0.05) is 18.2 Å². The summed E-state index contributed by atoms with van der Waals surface area (Å²) in [6.45, 7) is 2.34. The topological polar surface area (TPSA) is 46.6 Å². The van der Waals surface area contributed by atoms with E-state index in [0.717, 1.165) is 30.5 Å². The Morgan fingerprint density at radius 1 is 1.28 bits per heavy atom. The largest absolute Gasteiger partial charge is 0.471 e. The summed E-state index contributed by atoms with van der Waals surface area (Å²) >= 11 is 0. The molecule has 4 heteroatoms. The van der Waals surface area contributed by atoms with Gasteiger partial charge in [-0.05, 0) is 30.4 Å². The summed E-state index contributed by atoms with van der Waals surface area (Å²) in [6.07, 6.45) is 1.35. The van der Waals surface area contributed by atoms with Gasteiger partial charge in [-0.25, -0.2) is 0 Å². The lowest BCUT2D eigenvalue weighted by Gasteiger charge is -2.17. The van der Waals surface area contributed by atoms with Crippen LogP contribution < -0.4 is 0 Å². The van der Waals surface area contributed by atoms with Crippen molar-refractivity contribution in [3.05, 3.63) is 35.9 Å². The Labute approximate surface area is 107 Å². The standard InChI is InChI=1S/C12H13NO.C2H4O2/c14-12(9-4-2-1-3-5-9)13-7-10-6-11(10)8-13;1-4-2-3/h1-5,10-11H,6-8H2;2H,1H3/t10-,11?;/m1./s1. The first-order valence-corrected chi connectivity index (χ1v) is 6.07. The molecule has 3 rings (SSSR count). The summed E-state index contributed by atoms with van der Waals surface area (Å²) in [5.41, 5.74) is 0.828. The normalized spacial score (nSPS) is 23.5. The maximum absolute atomic E-state index is 11.9. The van der Waals surface area contributed by atoms with Crippen molar-refractivity contribution in [2.75, 3.05) is 20.2 Å². The Balaban J connectivity index is 0.000000267. The van der Waals surface area contributed by atoms with Gasteiger partial charge in [-0.3, -0.25) is 9.59 Å². The zero-order chi connectivity index (χ0) is 13.0. The maximum atomic E-state index is 11.9. The molecule has 4 nitrogen and oxygen atoms in total. The van der Waals surface area contributed by atoms with Gasteiger partial charge in [-0.2, -0.15) is 0 Å². The zero-order valence-corrected chi connectivity index (χ0v) is 10.4. The van der Waals surface area contributed by atoms with Crippen LogP contribution in [0.1, 0.15) is 16.8 Å². The number of benzene rings is 1. The molecule has 2 fully saturated rings. The van der Waals surface area contributed by atoms with Crippen molar-refractivity contribution in [3.63, 3.8) is 0 Å². The van der Waals surface area contributed by atoms with E-state index in [4.69, 9.17) is 4.79 Å². The van der Waals surface area contributed by atoms with Gasteiger partial charge in [0, 0.05) is 18.7 Å². The quantitative estimate of drug-likeness (QED) is 0.745. The van der Waals surface area contributed by atoms with Crippen LogP contribution in [-0.2, 0) is 9.53 Å². The first-order valence-electron chi connectivity index (χ1n) is 6.07. The van der Waals surface area contributed by atoms with Gasteiger partial charge in [0.05, 0.1) is 7.11 Å². The third-order valence-electron chi connectivity index (χ3n) is 3.38. The molecule has 18 heavy (non-hydrogen) atoms. The Hall–Kier alpha value is -1.84. The average molecular weight is 247 g/mol. The number of carbonyl (C=O) groups is 2. The summed E-state index contributed by atoms with van der Waals surface area (Å²) in [6, 6.07) is 9.57. The Morgan fingerprint density at radius 3 is 2.33 bits per heavy atom. The summed E-state index contributed by atoms with van der Waals surface area (Å²) in [5, 5.41) is 0. The number of nitrogens with zero attached hydrogens (tertiary/aromatic N) is 1. The van der Waals surface area contributed by atoms with E-state index >= 15 is 0 Å². The summed E-state index contributed by atoms with van der Waals surface area (Å²) in [4.78, 5) is 22.9. The predicted octanol–water partition coefficient (Wildman–Crippen LogP) is 1.57. The monoisotopic (exact) mass is 247 g/mol. The molecule has 0 bridgehead atoms. The van der Waals surface area contributed by atoms with Crippen molar-refractivity contribution in [2.45, 2.75) is 6.42 Å². The van der Waals surface area contributed by atoms with Crippen LogP contribution in [0.4, 0.5) is 0 Å². The van der Waals surface area contributed by atoms with Crippen LogP contribution in [0.25, 0.3) is 0 Å². The van der Waals surface area contributed by atoms with Crippen molar-refractivity contribution in [1.82, 2.24) is 4.90 Å². The number of piperidine rings is 1. The molecule has 1 unspecified atom stereocenters. The molecule has 1 amide bonds. The summed E-state index contributed by atoms with van der Waals surface area (Å²) < 4.78 is 3.86. The molecule has 0 spiro atoms. The fraction of sp³-hybridized carbons (Fsp3) is 0.429. The van der Waals surface area contributed by atoms with E-state index < -0.39 is 0 Å². The van der Waals surface area contributed by atoms with Crippen LogP contribution in [0, 0.1) is 11.8 Å². The third-order valence-corrected chi connectivity index (χ3v) is 3.38. The van der Waals surface area contributed by atoms with E-state index in [1.807, 2.05) is 35.2 Å². The molecule has 1 aromatic carbocycles. The Morgan fingerprint density at radius 2 is 1.83 bits per heavy atom. The molecule has 1 saturated carbocycles. The molecule has 0 radical (unpaired) electrons. The van der Waals surface area contributed by atoms with Gasteiger partial charge < -0.3 is 9.64 Å². The van der Waals surface area contributed by atoms with Crippen molar-refractivity contribution >= 4 is 12.4 Å². The molecule has 1 aliphatic carbocycles. The van der Waals surface area contributed by atoms with E-state index in [1.165, 1.54) is 13.5 Å². The molecule has 1 saturated heterocycles. The van der Waals surface area contributed by atoms with Crippen LogP contribution in [0.3, 0.4) is 0 Å². The van der Waals surface area contributed by atoms with Crippen molar-refractivity contribution in [2.24, 2.45) is 11.8 Å². The molecule has 1 aliphatic heterocycles. The maximum Gasteiger partial charge on any atom is 0.292 e. The van der Waals surface area contributed by atoms with Gasteiger partial charge in [-0.15, -0.1) is 0 Å². The smallest absolute Gasteiger partial charge is 0.292 e. The molecule has 2 aliphatic rings. The fourth-order valence-corrected chi connectivity index (χ4v) is 2.33. The van der Waals surface area contributed by atoms with Gasteiger partial charge in [0.2, 0.25) is 0 Å². The number of hydrogen-bond donors (Lipinski definition) is 0. The lowest BCUT2D eigenvalue weighted by molar-refractivity contribution is -0.126. The molecule has 0 aromatic heterocycles. The van der Waals surface area contributed by atoms with Gasteiger partial charge in [0.25, 0.3) is 12.4 Å². The second-order valence-corrected chi connectivity index (χ2v) is 4.66. The number of rotatable bonds is 2. The van der Waals surface area contributed by atoms with Crippen LogP contribution in [0.15, 0.2) is 30.3 Å². The van der Waals surface area contributed by atoms with Crippen LogP contribution in [-0.4, -0.2) is 37.5 Å². The number of methoxy groups -OCH3 is 1. The minimum Gasteiger partial charge on any atom is -0.471 e. The van der Waals surface area contributed by atoms with Crippen LogP contribution in [0.5, 0.6) is 0 Å². The van der Waals surface area contributed by atoms with E-state index in [2.05, 4.69) is 4.74 Å². The van der Waals surface area contributed by atoms with E-state index in [-0.39, 0.29) is 5.91 Å². The van der Waals surface area contributed by atoms with Crippen molar-refractivity contribution in [3.8, 4) is 0 Å². The number of likely N-dealkylation sites (tertiary alicyclic amines) is 1. The third kappa shape index (κ3) is 2.88. The Bertz CT molecular complexity index is 408. The summed E-state index contributed by atoms with van der Waals surface area (Å²) in [7, 11) is 1.31. The molecular weight excluding hydrogens is 230 g/mol. The van der Waals surface area contributed by atoms with Crippen molar-refractivity contribution < 1.29 is 14.3 Å². The summed E-state index contributed by atoms with van der Waals surface area (Å²) in [5.74, 6) is 1.85. The molecular formula is C14H17NO3. The zero-order valence-electron chi connectivity index (χ0n) is 10.4. The van der Waals surface area contributed by atoms with E-state index in [0.29, 0.717) is 6.47 Å². The number of fused-ring (bicyclic) bond motifs is 1. The molecule has 1 heterocycles. The van der Waals surface area contributed by atoms with Crippen molar-refractivity contribution in [1.29, 1.82) is 0 Å². The fourth-order valence-electron chi connectivity index (χ4n) is 2.33. The Kier molecular flexibility index (Phi) is 3.97. The lowest BCUT2D eigenvalue weighted by atomic mass is 10.2.